The van der Waals surface area contributed by atoms with Gasteiger partial charge in [-0.05, 0) is 36.2 Å². The number of nitrogens with zero attached hydrogens (tertiary/aromatic N) is 2. The molecular weight excluding hydrogens is 376 g/mol. The van der Waals surface area contributed by atoms with E-state index in [1.807, 2.05) is 59.2 Å². The molecule has 0 unspecified atom stereocenters. The van der Waals surface area contributed by atoms with Gasteiger partial charge < -0.3 is 14.5 Å². The molecule has 1 aliphatic rings. The fraction of sp³-hybridized carbons (Fsp3) is 0.364. The normalized spacial score (nSPS) is 14.5. The van der Waals surface area contributed by atoms with Gasteiger partial charge in [-0.1, -0.05) is 42.8 Å². The molecule has 28 heavy (non-hydrogen) atoms. The molecule has 0 N–H and O–H groups in total. The highest BCUT2D eigenvalue weighted by molar-refractivity contribution is 6.30. The Morgan fingerprint density at radius 2 is 1.64 bits per heavy atom. The summed E-state index contributed by atoms with van der Waals surface area (Å²) >= 11 is 5.92. The van der Waals surface area contributed by atoms with Crippen LogP contribution in [0, 0.1) is 0 Å². The summed E-state index contributed by atoms with van der Waals surface area (Å²) in [5.41, 5.74) is 1.53. The molecular formula is C22H25ClN2O3. The molecule has 0 atom stereocenters. The van der Waals surface area contributed by atoms with Gasteiger partial charge in [-0.2, -0.15) is 0 Å². The van der Waals surface area contributed by atoms with Gasteiger partial charge in [0.1, 0.15) is 12.4 Å². The Hall–Kier alpha value is -2.53. The summed E-state index contributed by atoms with van der Waals surface area (Å²) in [6.07, 6.45) is 1.28. The molecule has 0 saturated carbocycles. The SMILES string of the molecule is CCC(=O)N1CCCN(C(=O)c2ccccc2OCc2ccc(Cl)cc2)CC1. The molecule has 1 saturated heterocycles. The number of amides is 2. The highest BCUT2D eigenvalue weighted by Crippen LogP contribution is 2.22. The van der Waals surface area contributed by atoms with Crippen LogP contribution in [0.15, 0.2) is 48.5 Å². The second kappa shape index (κ2) is 9.60. The molecule has 0 spiro atoms. The van der Waals surface area contributed by atoms with E-state index in [1.165, 1.54) is 0 Å². The molecule has 5 nitrogen and oxygen atoms in total. The maximum Gasteiger partial charge on any atom is 0.257 e. The zero-order chi connectivity index (χ0) is 19.9. The van der Waals surface area contributed by atoms with Crippen molar-refractivity contribution in [1.82, 2.24) is 9.80 Å². The minimum Gasteiger partial charge on any atom is -0.488 e. The molecule has 2 amide bonds. The van der Waals surface area contributed by atoms with Crippen molar-refractivity contribution in [2.45, 2.75) is 26.4 Å². The minimum absolute atomic E-state index is 0.0579. The van der Waals surface area contributed by atoms with Crippen molar-refractivity contribution in [2.24, 2.45) is 0 Å². The number of halogens is 1. The van der Waals surface area contributed by atoms with Crippen molar-refractivity contribution in [2.75, 3.05) is 26.2 Å². The van der Waals surface area contributed by atoms with Crippen LogP contribution >= 0.6 is 11.6 Å². The first-order valence-electron chi connectivity index (χ1n) is 9.62. The van der Waals surface area contributed by atoms with E-state index in [9.17, 15) is 9.59 Å². The quantitative estimate of drug-likeness (QED) is 0.762. The molecule has 148 valence electrons. The molecule has 2 aromatic rings. The zero-order valence-corrected chi connectivity index (χ0v) is 16.8. The van der Waals surface area contributed by atoms with E-state index < -0.39 is 0 Å². The van der Waals surface area contributed by atoms with E-state index in [0.717, 1.165) is 12.0 Å². The third-order valence-electron chi connectivity index (χ3n) is 4.86. The highest BCUT2D eigenvalue weighted by atomic mass is 35.5. The monoisotopic (exact) mass is 400 g/mol. The number of ether oxygens (including phenoxy) is 1. The van der Waals surface area contributed by atoms with Gasteiger partial charge >= 0.3 is 0 Å². The average Bonchev–Trinajstić information content (AvgIpc) is 2.99. The maximum atomic E-state index is 13.1. The summed E-state index contributed by atoms with van der Waals surface area (Å²) in [6, 6.07) is 14.7. The van der Waals surface area contributed by atoms with Gasteiger partial charge in [0, 0.05) is 37.6 Å². The predicted octanol–water partition coefficient (Wildman–Crippen LogP) is 4.00. The van der Waals surface area contributed by atoms with Gasteiger partial charge in [-0.15, -0.1) is 0 Å². The molecule has 1 fully saturated rings. The first kappa shape index (κ1) is 20.2. The fourth-order valence-corrected chi connectivity index (χ4v) is 3.40. The molecule has 0 aliphatic carbocycles. The molecule has 0 aromatic heterocycles. The van der Waals surface area contributed by atoms with Crippen molar-refractivity contribution in [3.8, 4) is 5.75 Å². The van der Waals surface area contributed by atoms with Crippen LogP contribution in [-0.2, 0) is 11.4 Å². The first-order chi connectivity index (χ1) is 13.6. The molecule has 6 heteroatoms. The number of hydrogen-bond acceptors (Lipinski definition) is 3. The molecule has 3 rings (SSSR count). The number of hydrogen-bond donors (Lipinski definition) is 0. The van der Waals surface area contributed by atoms with Crippen molar-refractivity contribution in [3.05, 3.63) is 64.7 Å². The lowest BCUT2D eigenvalue weighted by Crippen LogP contribution is -2.37. The Balaban J connectivity index is 1.68. The van der Waals surface area contributed by atoms with E-state index in [0.29, 0.717) is 55.5 Å². The molecule has 1 heterocycles. The number of rotatable bonds is 5. The summed E-state index contributed by atoms with van der Waals surface area (Å²) in [6.45, 7) is 4.68. The summed E-state index contributed by atoms with van der Waals surface area (Å²) in [7, 11) is 0. The smallest absolute Gasteiger partial charge is 0.257 e. The third kappa shape index (κ3) is 5.04. The summed E-state index contributed by atoms with van der Waals surface area (Å²) in [5.74, 6) is 0.645. The van der Waals surface area contributed by atoms with Gasteiger partial charge in [0.15, 0.2) is 0 Å². The lowest BCUT2D eigenvalue weighted by molar-refractivity contribution is -0.130. The third-order valence-corrected chi connectivity index (χ3v) is 5.12. The van der Waals surface area contributed by atoms with Crippen LogP contribution in [0.25, 0.3) is 0 Å². The van der Waals surface area contributed by atoms with Crippen molar-refractivity contribution >= 4 is 23.4 Å². The second-order valence-electron chi connectivity index (χ2n) is 6.79. The van der Waals surface area contributed by atoms with Crippen LogP contribution in [0.4, 0.5) is 0 Å². The van der Waals surface area contributed by atoms with Crippen LogP contribution in [0.1, 0.15) is 35.7 Å². The van der Waals surface area contributed by atoms with Crippen molar-refractivity contribution < 1.29 is 14.3 Å². The van der Waals surface area contributed by atoms with Crippen LogP contribution in [-0.4, -0.2) is 47.8 Å². The first-order valence-corrected chi connectivity index (χ1v) is 9.99. The van der Waals surface area contributed by atoms with Crippen molar-refractivity contribution in [1.29, 1.82) is 0 Å². The summed E-state index contributed by atoms with van der Waals surface area (Å²) < 4.78 is 5.93. The molecule has 0 radical (unpaired) electrons. The van der Waals surface area contributed by atoms with Gasteiger partial charge in [0.05, 0.1) is 5.56 Å². The minimum atomic E-state index is -0.0579. The molecule has 1 aliphatic heterocycles. The number of carbonyl (C=O) groups is 2. The Morgan fingerprint density at radius 3 is 2.39 bits per heavy atom. The Labute approximate surface area is 170 Å². The topological polar surface area (TPSA) is 49.9 Å². The largest absolute Gasteiger partial charge is 0.488 e. The zero-order valence-electron chi connectivity index (χ0n) is 16.1. The highest BCUT2D eigenvalue weighted by Gasteiger charge is 2.24. The van der Waals surface area contributed by atoms with Gasteiger partial charge in [-0.25, -0.2) is 0 Å². The number of benzene rings is 2. The van der Waals surface area contributed by atoms with Gasteiger partial charge in [0.25, 0.3) is 5.91 Å². The molecule has 2 aromatic carbocycles. The van der Waals surface area contributed by atoms with E-state index in [-0.39, 0.29) is 11.8 Å². The van der Waals surface area contributed by atoms with E-state index in [4.69, 9.17) is 16.3 Å². The lowest BCUT2D eigenvalue weighted by atomic mass is 10.1. The standard InChI is InChI=1S/C22H25ClN2O3/c1-2-21(26)24-12-5-13-25(15-14-24)22(27)19-6-3-4-7-20(19)28-16-17-8-10-18(23)11-9-17/h3-4,6-11H,2,5,12-16H2,1H3. The number of para-hydroxylation sites is 1. The lowest BCUT2D eigenvalue weighted by Gasteiger charge is -2.23. The summed E-state index contributed by atoms with van der Waals surface area (Å²) in [5, 5.41) is 0.677. The predicted molar refractivity (Wildman–Crippen MR) is 110 cm³/mol. The van der Waals surface area contributed by atoms with Crippen LogP contribution in [0.2, 0.25) is 5.02 Å². The van der Waals surface area contributed by atoms with Crippen LogP contribution in [0.3, 0.4) is 0 Å². The Kier molecular flexibility index (Phi) is 6.93. The molecule has 0 bridgehead atoms. The van der Waals surface area contributed by atoms with E-state index in [1.54, 1.807) is 6.07 Å². The van der Waals surface area contributed by atoms with E-state index in [2.05, 4.69) is 0 Å². The maximum absolute atomic E-state index is 13.1. The van der Waals surface area contributed by atoms with Crippen molar-refractivity contribution in [3.63, 3.8) is 0 Å². The fourth-order valence-electron chi connectivity index (χ4n) is 3.27. The van der Waals surface area contributed by atoms with Gasteiger partial charge in [0.2, 0.25) is 5.91 Å². The van der Waals surface area contributed by atoms with Crippen LogP contribution in [0.5, 0.6) is 5.75 Å². The van der Waals surface area contributed by atoms with Crippen LogP contribution < -0.4 is 4.74 Å². The second-order valence-corrected chi connectivity index (χ2v) is 7.23. The Morgan fingerprint density at radius 1 is 0.964 bits per heavy atom. The summed E-state index contributed by atoms with van der Waals surface area (Å²) in [4.78, 5) is 28.7. The Bertz CT molecular complexity index is 823. The van der Waals surface area contributed by atoms with Gasteiger partial charge in [-0.3, -0.25) is 9.59 Å². The van der Waals surface area contributed by atoms with E-state index >= 15 is 0 Å². The average molecular weight is 401 g/mol. The number of carbonyl (C=O) groups excluding carboxylic acids is 2.